The number of benzene rings is 1. The molecule has 1 heterocycles. The molecule has 1 aromatic carbocycles. The van der Waals surface area contributed by atoms with Crippen LogP contribution in [0.3, 0.4) is 0 Å². The first-order valence-electron chi connectivity index (χ1n) is 17.9. The summed E-state index contributed by atoms with van der Waals surface area (Å²) in [5.41, 5.74) is 7.83. The molecule has 5 amide bonds. The lowest BCUT2D eigenvalue weighted by molar-refractivity contribution is -0.142. The summed E-state index contributed by atoms with van der Waals surface area (Å²) in [5.74, 6) is -4.01. The van der Waals surface area contributed by atoms with Crippen molar-refractivity contribution in [2.24, 2.45) is 29.4 Å². The number of carbonyl (C=O) groups excluding carboxylic acids is 5. The highest BCUT2D eigenvalue weighted by Crippen LogP contribution is 2.20. The highest BCUT2D eigenvalue weighted by Gasteiger charge is 2.32. The Morgan fingerprint density at radius 3 is 1.69 bits per heavy atom. The number of para-hydroxylation sites is 1. The van der Waals surface area contributed by atoms with Gasteiger partial charge in [-0.1, -0.05) is 73.6 Å². The fourth-order valence-electron chi connectivity index (χ4n) is 5.80. The molecule has 0 aliphatic carbocycles. The van der Waals surface area contributed by atoms with E-state index in [1.165, 1.54) is 0 Å². The SMILES string of the molecule is CC(C)C[C@H](NC(=O)CNC(=O)[C@H](CC(C)C)NC(=O)[C@H](CC(C)C)NC(=O)[C@H](Cc1c[nH]c2ccccc12)NC(=O)[C@@H](N)CC(C)C)C(=O)O. The largest absolute Gasteiger partial charge is 0.480 e. The smallest absolute Gasteiger partial charge is 0.326 e. The number of aromatic amines is 1. The second-order valence-corrected chi connectivity index (χ2v) is 15.0. The van der Waals surface area contributed by atoms with Crippen LogP contribution in [-0.4, -0.2) is 82.3 Å². The van der Waals surface area contributed by atoms with E-state index in [0.717, 1.165) is 16.5 Å². The van der Waals surface area contributed by atoms with E-state index in [1.807, 2.05) is 79.7 Å². The average Bonchev–Trinajstić information content (AvgIpc) is 3.43. The third kappa shape index (κ3) is 14.7. The molecule has 0 saturated carbocycles. The topological polar surface area (TPSA) is 225 Å². The molecule has 1 aromatic heterocycles. The van der Waals surface area contributed by atoms with Crippen LogP contribution in [0, 0.1) is 23.7 Å². The Labute approximate surface area is 301 Å². The summed E-state index contributed by atoms with van der Waals surface area (Å²) < 4.78 is 0. The molecular formula is C37H59N7O7. The van der Waals surface area contributed by atoms with Gasteiger partial charge in [0.15, 0.2) is 0 Å². The third-order valence-electron chi connectivity index (χ3n) is 8.24. The molecule has 9 N–H and O–H groups in total. The van der Waals surface area contributed by atoms with Crippen molar-refractivity contribution < 1.29 is 33.9 Å². The third-order valence-corrected chi connectivity index (χ3v) is 8.24. The molecular weight excluding hydrogens is 654 g/mol. The van der Waals surface area contributed by atoms with Crippen LogP contribution >= 0.6 is 0 Å². The molecule has 284 valence electrons. The minimum absolute atomic E-state index is 0.0217. The number of aromatic nitrogens is 1. The van der Waals surface area contributed by atoms with Crippen LogP contribution in [0.25, 0.3) is 10.9 Å². The zero-order valence-corrected chi connectivity index (χ0v) is 31.3. The Bertz CT molecular complexity index is 1490. The number of nitrogens with two attached hydrogens (primary N) is 1. The van der Waals surface area contributed by atoms with Gasteiger partial charge in [0.2, 0.25) is 29.5 Å². The van der Waals surface area contributed by atoms with Crippen LogP contribution in [0.5, 0.6) is 0 Å². The van der Waals surface area contributed by atoms with E-state index >= 15 is 0 Å². The first-order chi connectivity index (χ1) is 23.9. The highest BCUT2D eigenvalue weighted by atomic mass is 16.4. The van der Waals surface area contributed by atoms with Gasteiger partial charge in [-0.2, -0.15) is 0 Å². The van der Waals surface area contributed by atoms with Gasteiger partial charge in [-0.3, -0.25) is 24.0 Å². The number of fused-ring (bicyclic) bond motifs is 1. The van der Waals surface area contributed by atoms with Crippen molar-refractivity contribution in [3.8, 4) is 0 Å². The van der Waals surface area contributed by atoms with Gasteiger partial charge < -0.3 is 42.4 Å². The Kier molecular flexibility index (Phi) is 17.1. The lowest BCUT2D eigenvalue weighted by Crippen LogP contribution is -2.58. The molecule has 2 rings (SSSR count). The highest BCUT2D eigenvalue weighted by molar-refractivity contribution is 5.96. The minimum Gasteiger partial charge on any atom is -0.480 e. The van der Waals surface area contributed by atoms with Crippen LogP contribution < -0.4 is 32.3 Å². The van der Waals surface area contributed by atoms with Crippen molar-refractivity contribution in [3.05, 3.63) is 36.0 Å². The van der Waals surface area contributed by atoms with E-state index in [-0.39, 0.29) is 49.4 Å². The van der Waals surface area contributed by atoms with Crippen LogP contribution in [0.15, 0.2) is 30.5 Å². The van der Waals surface area contributed by atoms with E-state index < -0.39 is 72.3 Å². The molecule has 0 spiro atoms. The summed E-state index contributed by atoms with van der Waals surface area (Å²) in [6, 6.07) is 2.50. The van der Waals surface area contributed by atoms with Gasteiger partial charge >= 0.3 is 5.97 Å². The van der Waals surface area contributed by atoms with Gasteiger partial charge in [0.25, 0.3) is 0 Å². The van der Waals surface area contributed by atoms with Gasteiger partial charge in [0.1, 0.15) is 24.2 Å². The number of hydrogen-bond donors (Lipinski definition) is 8. The number of hydrogen-bond acceptors (Lipinski definition) is 7. The maximum atomic E-state index is 13.9. The van der Waals surface area contributed by atoms with Crippen molar-refractivity contribution in [1.82, 2.24) is 31.6 Å². The molecule has 14 nitrogen and oxygen atoms in total. The van der Waals surface area contributed by atoms with Gasteiger partial charge in [-0.25, -0.2) is 4.79 Å². The van der Waals surface area contributed by atoms with Crippen molar-refractivity contribution in [1.29, 1.82) is 0 Å². The van der Waals surface area contributed by atoms with E-state index in [9.17, 15) is 33.9 Å². The van der Waals surface area contributed by atoms with Crippen LogP contribution in [0.1, 0.15) is 86.6 Å². The number of rotatable bonds is 21. The Morgan fingerprint density at radius 2 is 1.14 bits per heavy atom. The van der Waals surface area contributed by atoms with Crippen molar-refractivity contribution in [3.63, 3.8) is 0 Å². The van der Waals surface area contributed by atoms with Crippen LogP contribution in [0.4, 0.5) is 0 Å². The summed E-state index contributed by atoms with van der Waals surface area (Å²) in [4.78, 5) is 81.4. The number of H-pyrrole nitrogens is 1. The van der Waals surface area contributed by atoms with Gasteiger partial charge in [-0.15, -0.1) is 0 Å². The monoisotopic (exact) mass is 713 g/mol. The van der Waals surface area contributed by atoms with Crippen molar-refractivity contribution >= 4 is 46.4 Å². The average molecular weight is 714 g/mol. The Morgan fingerprint density at radius 1 is 0.647 bits per heavy atom. The number of carboxylic acids is 1. The second kappa shape index (κ2) is 20.4. The fraction of sp³-hybridized carbons (Fsp3) is 0.622. The molecule has 0 saturated heterocycles. The van der Waals surface area contributed by atoms with E-state index in [4.69, 9.17) is 5.73 Å². The summed E-state index contributed by atoms with van der Waals surface area (Å²) >= 11 is 0. The van der Waals surface area contributed by atoms with Gasteiger partial charge in [0, 0.05) is 23.5 Å². The molecule has 0 unspecified atom stereocenters. The van der Waals surface area contributed by atoms with Gasteiger partial charge in [0.05, 0.1) is 12.6 Å². The molecule has 0 radical (unpaired) electrons. The van der Waals surface area contributed by atoms with Gasteiger partial charge in [-0.05, 0) is 61.0 Å². The molecule has 0 bridgehead atoms. The lowest BCUT2D eigenvalue weighted by Gasteiger charge is -2.27. The number of aliphatic carboxylic acids is 1. The number of amides is 5. The molecule has 0 aliphatic heterocycles. The summed E-state index contributed by atoms with van der Waals surface area (Å²) in [6.07, 6.45) is 3.03. The van der Waals surface area contributed by atoms with Crippen LogP contribution in [0.2, 0.25) is 0 Å². The number of nitrogens with one attached hydrogen (secondary N) is 6. The Hall–Kier alpha value is -4.46. The normalized spacial score (nSPS) is 14.5. The summed E-state index contributed by atoms with van der Waals surface area (Å²) in [6.45, 7) is 14.6. The molecule has 5 atom stereocenters. The first-order valence-corrected chi connectivity index (χ1v) is 17.9. The molecule has 14 heteroatoms. The van der Waals surface area contributed by atoms with Crippen molar-refractivity contribution in [2.75, 3.05) is 6.54 Å². The lowest BCUT2D eigenvalue weighted by atomic mass is 9.98. The predicted octanol–water partition coefficient (Wildman–Crippen LogP) is 2.36. The predicted molar refractivity (Wildman–Crippen MR) is 196 cm³/mol. The molecule has 0 fully saturated rings. The van der Waals surface area contributed by atoms with E-state index in [2.05, 4.69) is 31.6 Å². The zero-order valence-electron chi connectivity index (χ0n) is 31.3. The Balaban J connectivity index is 2.25. The van der Waals surface area contributed by atoms with Crippen LogP contribution in [-0.2, 0) is 35.2 Å². The van der Waals surface area contributed by atoms with Crippen molar-refractivity contribution in [2.45, 2.75) is 118 Å². The van der Waals surface area contributed by atoms with E-state index in [0.29, 0.717) is 6.42 Å². The zero-order chi connectivity index (χ0) is 38.4. The standard InChI is InChI=1S/C37H59N7O7/c1-20(2)13-26(38)33(46)42-30(17-24-18-39-27-12-10-9-11-25(24)27)36(49)44-29(15-22(5)6)35(48)43-28(14-21(3)4)34(47)40-19-32(45)41-31(37(50)51)16-23(7)8/h9-12,18,20-23,26,28-31,39H,13-17,19,38H2,1-8H3,(H,40,47)(H,41,45)(H,42,46)(H,43,48)(H,44,49)(H,50,51)/t26-,28-,29-,30-,31-/m0/s1. The molecule has 0 aliphatic rings. The quantitative estimate of drug-likeness (QED) is 0.0957. The molecule has 2 aromatic rings. The minimum atomic E-state index is -1.17. The number of carboxylic acid groups (broad SMARTS) is 1. The fourth-order valence-corrected chi connectivity index (χ4v) is 5.80. The van der Waals surface area contributed by atoms with E-state index in [1.54, 1.807) is 6.20 Å². The maximum Gasteiger partial charge on any atom is 0.326 e. The first kappa shape index (κ1) is 42.7. The molecule has 51 heavy (non-hydrogen) atoms. The number of carbonyl (C=O) groups is 6. The second-order valence-electron chi connectivity index (χ2n) is 15.0. The summed E-state index contributed by atoms with van der Waals surface area (Å²) in [7, 11) is 0. The summed E-state index contributed by atoms with van der Waals surface area (Å²) in [5, 5.41) is 23.6. The maximum absolute atomic E-state index is 13.9.